The number of tetrazole rings is 1. The SMILES string of the molecule is Cc1nnnn1-c1ccc(NC(=O)N(C)Cc2cc(C(C)(C)C)n[nH]2)cc1. The number of nitrogens with zero attached hydrogens (tertiary/aromatic N) is 6. The summed E-state index contributed by atoms with van der Waals surface area (Å²) in [5.74, 6) is 0.695. The molecule has 3 aromatic rings. The number of hydrogen-bond acceptors (Lipinski definition) is 5. The first-order valence-electron chi connectivity index (χ1n) is 8.66. The number of aromatic amines is 1. The fourth-order valence-corrected chi connectivity index (χ4v) is 2.53. The molecule has 2 heterocycles. The zero-order valence-corrected chi connectivity index (χ0v) is 16.2. The summed E-state index contributed by atoms with van der Waals surface area (Å²) in [7, 11) is 1.74. The Morgan fingerprint density at radius 1 is 1.26 bits per heavy atom. The van der Waals surface area contributed by atoms with E-state index in [-0.39, 0.29) is 11.4 Å². The number of nitrogens with one attached hydrogen (secondary N) is 2. The molecule has 2 amide bonds. The van der Waals surface area contributed by atoms with Gasteiger partial charge in [0.2, 0.25) is 0 Å². The summed E-state index contributed by atoms with van der Waals surface area (Å²) in [6, 6.07) is 9.12. The Balaban J connectivity index is 1.61. The fraction of sp³-hybridized carbons (Fsp3) is 0.389. The minimum Gasteiger partial charge on any atom is -0.322 e. The molecular weight excluding hydrogens is 344 g/mol. The van der Waals surface area contributed by atoms with Crippen LogP contribution >= 0.6 is 0 Å². The Morgan fingerprint density at radius 3 is 2.52 bits per heavy atom. The van der Waals surface area contributed by atoms with Crippen molar-refractivity contribution in [3.63, 3.8) is 0 Å². The number of H-pyrrole nitrogens is 1. The molecule has 0 radical (unpaired) electrons. The first-order valence-corrected chi connectivity index (χ1v) is 8.66. The summed E-state index contributed by atoms with van der Waals surface area (Å²) >= 11 is 0. The molecule has 142 valence electrons. The van der Waals surface area contributed by atoms with Gasteiger partial charge in [-0.05, 0) is 47.7 Å². The first kappa shape index (κ1) is 18.6. The molecule has 0 saturated heterocycles. The number of aryl methyl sites for hydroxylation is 1. The van der Waals surface area contributed by atoms with E-state index in [1.54, 1.807) is 16.6 Å². The highest BCUT2D eigenvalue weighted by Crippen LogP contribution is 2.21. The van der Waals surface area contributed by atoms with Gasteiger partial charge in [0, 0.05) is 18.2 Å². The number of carbonyl (C=O) groups excluding carboxylic acids is 1. The van der Waals surface area contributed by atoms with Crippen molar-refractivity contribution in [3.8, 4) is 5.69 Å². The molecule has 0 atom stereocenters. The lowest BCUT2D eigenvalue weighted by molar-refractivity contribution is 0.220. The van der Waals surface area contributed by atoms with Crippen LogP contribution in [0.25, 0.3) is 5.69 Å². The van der Waals surface area contributed by atoms with E-state index in [1.807, 2.05) is 37.3 Å². The van der Waals surface area contributed by atoms with E-state index in [9.17, 15) is 4.79 Å². The standard InChI is InChI=1S/C18H24N8O/c1-12-20-23-24-26(12)15-8-6-13(7-9-15)19-17(27)25(5)11-14-10-16(22-21-14)18(2,3)4/h6-10H,11H2,1-5H3,(H,19,27)(H,21,22). The van der Waals surface area contributed by atoms with Crippen molar-refractivity contribution in [2.45, 2.75) is 39.7 Å². The summed E-state index contributed by atoms with van der Waals surface area (Å²) < 4.78 is 1.63. The highest BCUT2D eigenvalue weighted by molar-refractivity contribution is 5.89. The predicted octanol–water partition coefficient (Wildman–Crippen LogP) is 2.66. The Hall–Kier alpha value is -3.23. The van der Waals surface area contributed by atoms with Crippen LogP contribution in [-0.4, -0.2) is 48.4 Å². The number of amides is 2. The number of carbonyl (C=O) groups is 1. The zero-order chi connectivity index (χ0) is 19.6. The van der Waals surface area contributed by atoms with Crippen LogP contribution in [0.4, 0.5) is 10.5 Å². The number of aromatic nitrogens is 6. The third-order valence-electron chi connectivity index (χ3n) is 4.14. The van der Waals surface area contributed by atoms with E-state index in [0.29, 0.717) is 18.1 Å². The predicted molar refractivity (Wildman–Crippen MR) is 102 cm³/mol. The molecule has 0 bridgehead atoms. The topological polar surface area (TPSA) is 105 Å². The van der Waals surface area contributed by atoms with E-state index in [2.05, 4.69) is 51.8 Å². The van der Waals surface area contributed by atoms with Gasteiger partial charge in [-0.15, -0.1) is 5.10 Å². The average Bonchev–Trinajstić information content (AvgIpc) is 3.24. The molecule has 1 aromatic carbocycles. The van der Waals surface area contributed by atoms with Crippen LogP contribution in [0.3, 0.4) is 0 Å². The summed E-state index contributed by atoms with van der Waals surface area (Å²) in [6.07, 6.45) is 0. The highest BCUT2D eigenvalue weighted by atomic mass is 16.2. The maximum absolute atomic E-state index is 12.4. The molecule has 0 aliphatic rings. The van der Waals surface area contributed by atoms with Crippen LogP contribution in [-0.2, 0) is 12.0 Å². The Kier molecular flexibility index (Phi) is 4.93. The van der Waals surface area contributed by atoms with Gasteiger partial charge in [0.1, 0.15) is 0 Å². The van der Waals surface area contributed by atoms with E-state index in [0.717, 1.165) is 17.1 Å². The van der Waals surface area contributed by atoms with Crippen molar-refractivity contribution in [1.29, 1.82) is 0 Å². The Morgan fingerprint density at radius 2 is 1.96 bits per heavy atom. The van der Waals surface area contributed by atoms with Gasteiger partial charge in [-0.2, -0.15) is 9.78 Å². The third kappa shape index (κ3) is 4.30. The average molecular weight is 368 g/mol. The molecule has 0 fully saturated rings. The van der Waals surface area contributed by atoms with Crippen molar-refractivity contribution < 1.29 is 4.79 Å². The molecular formula is C18H24N8O. The van der Waals surface area contributed by atoms with Crippen LogP contribution in [0.2, 0.25) is 0 Å². The van der Waals surface area contributed by atoms with Crippen LogP contribution in [0.15, 0.2) is 30.3 Å². The van der Waals surface area contributed by atoms with Crippen LogP contribution < -0.4 is 5.32 Å². The highest BCUT2D eigenvalue weighted by Gasteiger charge is 2.18. The van der Waals surface area contributed by atoms with Crippen molar-refractivity contribution in [1.82, 2.24) is 35.3 Å². The van der Waals surface area contributed by atoms with Crippen molar-refractivity contribution in [3.05, 3.63) is 47.5 Å². The van der Waals surface area contributed by atoms with Crippen LogP contribution in [0.1, 0.15) is 38.0 Å². The smallest absolute Gasteiger partial charge is 0.321 e. The molecule has 0 saturated carbocycles. The van der Waals surface area contributed by atoms with Gasteiger partial charge in [0.05, 0.1) is 23.6 Å². The second-order valence-electron chi connectivity index (χ2n) is 7.50. The maximum Gasteiger partial charge on any atom is 0.321 e. The molecule has 2 aromatic heterocycles. The molecule has 0 aliphatic heterocycles. The van der Waals surface area contributed by atoms with Gasteiger partial charge in [0.25, 0.3) is 0 Å². The minimum atomic E-state index is -0.201. The summed E-state index contributed by atoms with van der Waals surface area (Å²) in [5.41, 5.74) is 3.36. The summed E-state index contributed by atoms with van der Waals surface area (Å²) in [5, 5.41) is 21.6. The fourth-order valence-electron chi connectivity index (χ4n) is 2.53. The van der Waals surface area contributed by atoms with Gasteiger partial charge in [-0.3, -0.25) is 5.10 Å². The monoisotopic (exact) mass is 368 g/mol. The quantitative estimate of drug-likeness (QED) is 0.737. The number of hydrogen-bond donors (Lipinski definition) is 2. The second kappa shape index (κ2) is 7.18. The third-order valence-corrected chi connectivity index (χ3v) is 4.14. The number of benzene rings is 1. The van der Waals surface area contributed by atoms with E-state index in [1.165, 1.54) is 0 Å². The lowest BCUT2D eigenvalue weighted by Gasteiger charge is -2.17. The normalized spacial score (nSPS) is 11.4. The van der Waals surface area contributed by atoms with Crippen molar-refractivity contribution >= 4 is 11.7 Å². The minimum absolute atomic E-state index is 0.0324. The summed E-state index contributed by atoms with van der Waals surface area (Å²) in [4.78, 5) is 14.0. The molecule has 0 aliphatic carbocycles. The van der Waals surface area contributed by atoms with Gasteiger partial charge in [-0.25, -0.2) is 4.79 Å². The van der Waals surface area contributed by atoms with Crippen molar-refractivity contribution in [2.75, 3.05) is 12.4 Å². The lowest BCUT2D eigenvalue weighted by Crippen LogP contribution is -2.31. The zero-order valence-electron chi connectivity index (χ0n) is 16.2. The molecule has 3 rings (SSSR count). The number of urea groups is 1. The van der Waals surface area contributed by atoms with Gasteiger partial charge in [0.15, 0.2) is 5.82 Å². The van der Waals surface area contributed by atoms with Crippen LogP contribution in [0.5, 0.6) is 0 Å². The molecule has 9 nitrogen and oxygen atoms in total. The van der Waals surface area contributed by atoms with Gasteiger partial charge < -0.3 is 10.2 Å². The molecule has 0 unspecified atom stereocenters. The van der Waals surface area contributed by atoms with Gasteiger partial charge in [-0.1, -0.05) is 20.8 Å². The lowest BCUT2D eigenvalue weighted by atomic mass is 9.92. The van der Waals surface area contributed by atoms with Crippen LogP contribution in [0, 0.1) is 6.92 Å². The van der Waals surface area contributed by atoms with E-state index >= 15 is 0 Å². The molecule has 27 heavy (non-hydrogen) atoms. The number of anilines is 1. The summed E-state index contributed by atoms with van der Waals surface area (Å²) in [6.45, 7) is 8.57. The largest absolute Gasteiger partial charge is 0.322 e. The Labute approximate surface area is 157 Å². The first-order chi connectivity index (χ1) is 12.7. The maximum atomic E-state index is 12.4. The second-order valence-corrected chi connectivity index (χ2v) is 7.50. The van der Waals surface area contributed by atoms with Crippen molar-refractivity contribution in [2.24, 2.45) is 0 Å². The van der Waals surface area contributed by atoms with E-state index in [4.69, 9.17) is 0 Å². The Bertz CT molecular complexity index is 919. The molecule has 2 N–H and O–H groups in total. The number of rotatable bonds is 4. The molecule has 9 heteroatoms. The molecule has 0 spiro atoms. The van der Waals surface area contributed by atoms with Gasteiger partial charge >= 0.3 is 6.03 Å². The van der Waals surface area contributed by atoms with E-state index < -0.39 is 0 Å².